The van der Waals surface area contributed by atoms with Crippen LogP contribution in [0.2, 0.25) is 0 Å². The highest BCUT2D eigenvalue weighted by Crippen LogP contribution is 2.39. The Morgan fingerprint density at radius 2 is 0.759 bits per heavy atom. The van der Waals surface area contributed by atoms with Crippen molar-refractivity contribution in [2.45, 2.75) is 0 Å². The van der Waals surface area contributed by atoms with E-state index in [-0.39, 0.29) is 0 Å². The molecule has 11 rings (SSSR count). The Hall–Kier alpha value is -7.37. The minimum Gasteiger partial charge on any atom is -0.456 e. The van der Waals surface area contributed by atoms with Crippen LogP contribution in [-0.2, 0) is 0 Å². The quantitative estimate of drug-likeness (QED) is 0.180. The molecule has 5 nitrogen and oxygen atoms in total. The first-order valence-electron chi connectivity index (χ1n) is 18.0. The first-order chi connectivity index (χ1) is 26.7. The Kier molecular flexibility index (Phi) is 6.79. The van der Waals surface area contributed by atoms with E-state index in [1.54, 1.807) is 0 Å². The van der Waals surface area contributed by atoms with Gasteiger partial charge in [-0.05, 0) is 70.1 Å². The van der Waals surface area contributed by atoms with Gasteiger partial charge in [-0.2, -0.15) is 0 Å². The van der Waals surface area contributed by atoms with E-state index in [2.05, 4.69) is 133 Å². The van der Waals surface area contributed by atoms with E-state index in [1.807, 2.05) is 42.5 Å². The third-order valence-corrected chi connectivity index (χ3v) is 10.3. The third-order valence-electron chi connectivity index (χ3n) is 10.3. The molecule has 8 aromatic carbocycles. The fourth-order valence-electron chi connectivity index (χ4n) is 7.71. The molecule has 3 heterocycles. The fraction of sp³-hybridized carbons (Fsp3) is 0. The van der Waals surface area contributed by atoms with Crippen LogP contribution in [0.25, 0.3) is 111 Å². The zero-order valence-electron chi connectivity index (χ0n) is 28.9. The van der Waals surface area contributed by atoms with Crippen LogP contribution in [-0.4, -0.2) is 15.0 Å². The maximum absolute atomic E-state index is 6.41. The minimum absolute atomic E-state index is 0.574. The van der Waals surface area contributed by atoms with Crippen molar-refractivity contribution in [1.29, 1.82) is 0 Å². The molecule has 0 bridgehead atoms. The highest BCUT2D eigenvalue weighted by molar-refractivity contribution is 6.17. The smallest absolute Gasteiger partial charge is 0.164 e. The Morgan fingerprint density at radius 1 is 0.278 bits per heavy atom. The van der Waals surface area contributed by atoms with Crippen LogP contribution in [0.5, 0.6) is 0 Å². The van der Waals surface area contributed by atoms with Crippen molar-refractivity contribution in [1.82, 2.24) is 15.0 Å². The summed E-state index contributed by atoms with van der Waals surface area (Å²) in [6.45, 7) is 0. The van der Waals surface area contributed by atoms with E-state index in [1.165, 1.54) is 0 Å². The molecule has 0 amide bonds. The molecule has 3 aromatic heterocycles. The van der Waals surface area contributed by atoms with Gasteiger partial charge in [-0.1, -0.05) is 133 Å². The second-order valence-corrected chi connectivity index (χ2v) is 13.6. The third kappa shape index (κ3) is 4.98. The van der Waals surface area contributed by atoms with Crippen molar-refractivity contribution in [3.63, 3.8) is 0 Å². The average Bonchev–Trinajstić information content (AvgIpc) is 3.82. The Morgan fingerprint density at radius 3 is 1.52 bits per heavy atom. The SMILES string of the molecule is c1ccc(-c2cccc(-c3nc(-c4cccc(-c5cccc6c5ccc5c7ccccc7oc65)c4)nc(-c4ccc5c(c4)oc4ccccc45)n3)c2)cc1. The first kappa shape index (κ1) is 30.3. The predicted molar refractivity (Wildman–Crippen MR) is 219 cm³/mol. The molecular weight excluding hydrogens is 663 g/mol. The molecule has 0 aliphatic rings. The average molecular weight is 692 g/mol. The Labute approximate surface area is 309 Å². The molecule has 0 aliphatic heterocycles. The summed E-state index contributed by atoms with van der Waals surface area (Å²) in [7, 11) is 0. The lowest BCUT2D eigenvalue weighted by atomic mass is 9.95. The van der Waals surface area contributed by atoms with Crippen LogP contribution < -0.4 is 0 Å². The molecule has 54 heavy (non-hydrogen) atoms. The van der Waals surface area contributed by atoms with E-state index in [9.17, 15) is 0 Å². The van der Waals surface area contributed by atoms with Gasteiger partial charge in [0.05, 0.1) is 0 Å². The van der Waals surface area contributed by atoms with Gasteiger partial charge >= 0.3 is 0 Å². The molecule has 0 saturated carbocycles. The number of hydrogen-bond acceptors (Lipinski definition) is 5. The van der Waals surface area contributed by atoms with Crippen molar-refractivity contribution >= 4 is 54.6 Å². The molecule has 0 N–H and O–H groups in total. The zero-order valence-corrected chi connectivity index (χ0v) is 28.9. The highest BCUT2D eigenvalue weighted by atomic mass is 16.3. The highest BCUT2D eigenvalue weighted by Gasteiger charge is 2.17. The van der Waals surface area contributed by atoms with E-state index in [0.29, 0.717) is 17.5 Å². The van der Waals surface area contributed by atoms with Crippen molar-refractivity contribution in [2.24, 2.45) is 0 Å². The van der Waals surface area contributed by atoms with Gasteiger partial charge in [0.25, 0.3) is 0 Å². The number of benzene rings is 8. The van der Waals surface area contributed by atoms with Crippen molar-refractivity contribution in [3.05, 3.63) is 176 Å². The number of rotatable bonds is 5. The number of furan rings is 2. The van der Waals surface area contributed by atoms with E-state index in [0.717, 1.165) is 93.6 Å². The lowest BCUT2D eigenvalue weighted by Gasteiger charge is -2.11. The van der Waals surface area contributed by atoms with Gasteiger partial charge in [-0.3, -0.25) is 0 Å². The fourth-order valence-corrected chi connectivity index (χ4v) is 7.71. The van der Waals surface area contributed by atoms with Crippen LogP contribution in [0.1, 0.15) is 0 Å². The normalized spacial score (nSPS) is 11.7. The molecule has 11 aromatic rings. The largest absolute Gasteiger partial charge is 0.456 e. The lowest BCUT2D eigenvalue weighted by Crippen LogP contribution is -2.00. The molecule has 0 radical (unpaired) electrons. The van der Waals surface area contributed by atoms with E-state index >= 15 is 0 Å². The minimum atomic E-state index is 0.574. The predicted octanol–water partition coefficient (Wildman–Crippen LogP) is 13.2. The number of para-hydroxylation sites is 2. The Balaban J connectivity index is 1.07. The molecule has 0 spiro atoms. The first-order valence-corrected chi connectivity index (χ1v) is 18.0. The summed E-state index contributed by atoms with van der Waals surface area (Å²) in [6, 6.07) is 60.5. The topological polar surface area (TPSA) is 65.0 Å². The molecule has 0 fully saturated rings. The molecule has 252 valence electrons. The second-order valence-electron chi connectivity index (χ2n) is 13.6. The molecule has 0 atom stereocenters. The number of aromatic nitrogens is 3. The zero-order chi connectivity index (χ0) is 35.6. The van der Waals surface area contributed by atoms with Crippen LogP contribution in [0, 0.1) is 0 Å². The summed E-state index contributed by atoms with van der Waals surface area (Å²) >= 11 is 0. The summed E-state index contributed by atoms with van der Waals surface area (Å²) in [5, 5.41) is 6.58. The lowest BCUT2D eigenvalue weighted by molar-refractivity contribution is 0.669. The van der Waals surface area contributed by atoms with Gasteiger partial charge in [0, 0.05) is 43.6 Å². The number of hydrogen-bond donors (Lipinski definition) is 0. The van der Waals surface area contributed by atoms with E-state index < -0.39 is 0 Å². The van der Waals surface area contributed by atoms with Crippen molar-refractivity contribution < 1.29 is 8.83 Å². The van der Waals surface area contributed by atoms with E-state index in [4.69, 9.17) is 23.8 Å². The van der Waals surface area contributed by atoms with Crippen LogP contribution in [0.15, 0.2) is 185 Å². The molecule has 0 saturated heterocycles. The number of nitrogens with zero attached hydrogens (tertiary/aromatic N) is 3. The monoisotopic (exact) mass is 691 g/mol. The van der Waals surface area contributed by atoms with Crippen molar-refractivity contribution in [2.75, 3.05) is 0 Å². The maximum atomic E-state index is 6.41. The number of fused-ring (bicyclic) bond motifs is 8. The van der Waals surface area contributed by atoms with Gasteiger partial charge in [-0.15, -0.1) is 0 Å². The standard InChI is InChI=1S/C49H29N3O2/c1-2-11-30(12-3-1)31-13-8-15-33(27-31)47-50-48(52-49(51-47)35-23-24-40-38-17-4-6-21-43(38)53-45(40)29-35)34-16-9-14-32(28-34)36-19-10-20-41-37(36)25-26-42-39-18-5-7-22-44(39)54-46(41)42/h1-29H. The molecule has 5 heteroatoms. The summed E-state index contributed by atoms with van der Waals surface area (Å²) in [4.78, 5) is 15.3. The molecular formula is C49H29N3O2. The van der Waals surface area contributed by atoms with Gasteiger partial charge < -0.3 is 8.83 Å². The molecule has 0 aliphatic carbocycles. The van der Waals surface area contributed by atoms with Gasteiger partial charge in [-0.25, -0.2) is 15.0 Å². The second kappa shape index (κ2) is 12.1. The molecule has 0 unspecified atom stereocenters. The summed E-state index contributed by atoms with van der Waals surface area (Å²) in [6.07, 6.45) is 0. The maximum Gasteiger partial charge on any atom is 0.164 e. The summed E-state index contributed by atoms with van der Waals surface area (Å²) in [5.74, 6) is 1.76. The van der Waals surface area contributed by atoms with Crippen LogP contribution in [0.4, 0.5) is 0 Å². The Bertz CT molecular complexity index is 3230. The van der Waals surface area contributed by atoms with Gasteiger partial charge in [0.15, 0.2) is 17.5 Å². The van der Waals surface area contributed by atoms with Gasteiger partial charge in [0.2, 0.25) is 0 Å². The van der Waals surface area contributed by atoms with Crippen LogP contribution >= 0.6 is 0 Å². The summed E-state index contributed by atoms with van der Waals surface area (Å²) in [5.41, 5.74) is 10.5. The van der Waals surface area contributed by atoms with Crippen LogP contribution in [0.3, 0.4) is 0 Å². The van der Waals surface area contributed by atoms with Crippen molar-refractivity contribution in [3.8, 4) is 56.4 Å². The summed E-state index contributed by atoms with van der Waals surface area (Å²) < 4.78 is 12.7. The van der Waals surface area contributed by atoms with Gasteiger partial charge in [0.1, 0.15) is 22.3 Å².